The maximum atomic E-state index is 5.62. The average Bonchev–Trinajstić information content (AvgIpc) is 3.06. The highest BCUT2D eigenvalue weighted by molar-refractivity contribution is 7.09. The third-order valence-corrected chi connectivity index (χ3v) is 3.72. The van der Waals surface area contributed by atoms with Gasteiger partial charge in [-0.2, -0.15) is 0 Å². The first-order valence-electron chi connectivity index (χ1n) is 6.75. The van der Waals surface area contributed by atoms with Crippen molar-refractivity contribution in [3.8, 4) is 0 Å². The molecule has 0 saturated heterocycles. The van der Waals surface area contributed by atoms with E-state index in [1.54, 1.807) is 17.6 Å². The molecule has 0 bridgehead atoms. The Morgan fingerprint density at radius 3 is 3.16 bits per heavy atom. The molecule has 0 saturated carbocycles. The van der Waals surface area contributed by atoms with Gasteiger partial charge in [-0.05, 0) is 30.5 Å². The summed E-state index contributed by atoms with van der Waals surface area (Å²) in [5, 5.41) is 5.45. The van der Waals surface area contributed by atoms with Crippen molar-refractivity contribution in [2.24, 2.45) is 0 Å². The molecular weight excluding hydrogens is 258 g/mol. The van der Waals surface area contributed by atoms with Crippen molar-refractivity contribution in [1.29, 1.82) is 0 Å². The van der Waals surface area contributed by atoms with Crippen LogP contribution in [0.1, 0.15) is 29.5 Å². The first kappa shape index (κ1) is 14.3. The molecule has 0 fully saturated rings. The smallest absolute Gasteiger partial charge is 0.129 e. The summed E-state index contributed by atoms with van der Waals surface area (Å²) >= 11 is 1.77. The number of furan rings is 1. The molecule has 0 aliphatic rings. The topological polar surface area (TPSA) is 34.4 Å². The fraction of sp³-hybridized carbons (Fsp3) is 0.467. The van der Waals surface area contributed by atoms with Crippen molar-refractivity contribution >= 4 is 11.3 Å². The van der Waals surface area contributed by atoms with E-state index in [4.69, 9.17) is 9.15 Å². The molecule has 2 aromatic heterocycles. The van der Waals surface area contributed by atoms with E-state index < -0.39 is 0 Å². The van der Waals surface area contributed by atoms with Crippen molar-refractivity contribution in [3.63, 3.8) is 0 Å². The van der Waals surface area contributed by atoms with Crippen molar-refractivity contribution < 1.29 is 9.15 Å². The number of ether oxygens (including phenoxy) is 1. The molecular formula is C15H21NO2S. The molecule has 3 nitrogen and oxygen atoms in total. The van der Waals surface area contributed by atoms with Crippen LogP contribution in [0.25, 0.3) is 0 Å². The van der Waals surface area contributed by atoms with E-state index in [1.807, 2.05) is 0 Å². The molecule has 104 valence electrons. The summed E-state index contributed by atoms with van der Waals surface area (Å²) in [5.74, 6) is 0.902. The largest absolute Gasteiger partial charge is 0.467 e. The van der Waals surface area contributed by atoms with Crippen LogP contribution in [0.2, 0.25) is 0 Å². The second kappa shape index (κ2) is 8.15. The van der Waals surface area contributed by atoms with Crippen LogP contribution in [0.15, 0.2) is 34.3 Å². The number of nitrogens with one attached hydrogen (secondary N) is 1. The zero-order valence-electron chi connectivity index (χ0n) is 11.4. The van der Waals surface area contributed by atoms with Crippen LogP contribution in [-0.2, 0) is 24.3 Å². The monoisotopic (exact) mass is 279 g/mol. The summed E-state index contributed by atoms with van der Waals surface area (Å²) in [6, 6.07) is 6.27. The normalized spacial score (nSPS) is 11.0. The molecule has 2 heterocycles. The van der Waals surface area contributed by atoms with Crippen LogP contribution in [0.5, 0.6) is 0 Å². The van der Waals surface area contributed by atoms with Gasteiger partial charge < -0.3 is 14.5 Å². The van der Waals surface area contributed by atoms with Crippen molar-refractivity contribution in [2.75, 3.05) is 13.2 Å². The Bertz CT molecular complexity index is 450. The van der Waals surface area contributed by atoms with Gasteiger partial charge in [0.05, 0.1) is 12.9 Å². The van der Waals surface area contributed by atoms with Gasteiger partial charge in [-0.25, -0.2) is 0 Å². The van der Waals surface area contributed by atoms with Gasteiger partial charge >= 0.3 is 0 Å². The van der Waals surface area contributed by atoms with Crippen LogP contribution in [0.4, 0.5) is 0 Å². The molecule has 0 aliphatic carbocycles. The van der Waals surface area contributed by atoms with Gasteiger partial charge in [0.25, 0.3) is 0 Å². The molecule has 2 rings (SSSR count). The second-order valence-electron chi connectivity index (χ2n) is 4.48. The Labute approximate surface area is 118 Å². The molecule has 0 aromatic carbocycles. The van der Waals surface area contributed by atoms with E-state index in [-0.39, 0.29) is 0 Å². The Morgan fingerprint density at radius 1 is 1.42 bits per heavy atom. The molecule has 4 heteroatoms. The summed E-state index contributed by atoms with van der Waals surface area (Å²) in [7, 11) is 0. The fourth-order valence-electron chi connectivity index (χ4n) is 1.80. The second-order valence-corrected chi connectivity index (χ2v) is 5.51. The highest BCUT2D eigenvalue weighted by Crippen LogP contribution is 2.11. The minimum atomic E-state index is 0.555. The van der Waals surface area contributed by atoms with Crippen LogP contribution in [0.3, 0.4) is 0 Å². The minimum Gasteiger partial charge on any atom is -0.467 e. The summed E-state index contributed by atoms with van der Waals surface area (Å²) in [6.07, 6.45) is 3.93. The van der Waals surface area contributed by atoms with Gasteiger partial charge in [0, 0.05) is 23.4 Å². The van der Waals surface area contributed by atoms with E-state index in [9.17, 15) is 0 Å². The van der Waals surface area contributed by atoms with Gasteiger partial charge in [0.1, 0.15) is 12.4 Å². The number of hydrogen-bond acceptors (Lipinski definition) is 4. The lowest BCUT2D eigenvalue weighted by atomic mass is 10.3. The van der Waals surface area contributed by atoms with Gasteiger partial charge in [0.2, 0.25) is 0 Å². The molecule has 0 amide bonds. The van der Waals surface area contributed by atoms with Gasteiger partial charge in [-0.3, -0.25) is 0 Å². The zero-order valence-corrected chi connectivity index (χ0v) is 12.2. The van der Waals surface area contributed by atoms with Crippen LogP contribution >= 0.6 is 11.3 Å². The summed E-state index contributed by atoms with van der Waals surface area (Å²) in [4.78, 5) is 1.36. The third-order valence-electron chi connectivity index (χ3n) is 2.78. The number of hydrogen-bond donors (Lipinski definition) is 1. The maximum absolute atomic E-state index is 5.62. The first-order valence-corrected chi connectivity index (χ1v) is 7.63. The number of rotatable bonds is 9. The molecule has 1 N–H and O–H groups in total. The van der Waals surface area contributed by atoms with Crippen molar-refractivity contribution in [3.05, 3.63) is 46.0 Å². The van der Waals surface area contributed by atoms with Crippen LogP contribution < -0.4 is 5.32 Å². The van der Waals surface area contributed by atoms with E-state index >= 15 is 0 Å². The van der Waals surface area contributed by atoms with Crippen molar-refractivity contribution in [1.82, 2.24) is 5.32 Å². The SMILES string of the molecule is CCCNCc1coc(COCCc2cccs2)c1. The van der Waals surface area contributed by atoms with E-state index in [2.05, 4.69) is 35.8 Å². The highest BCUT2D eigenvalue weighted by atomic mass is 32.1. The predicted molar refractivity (Wildman–Crippen MR) is 78.4 cm³/mol. The highest BCUT2D eigenvalue weighted by Gasteiger charge is 2.02. The Kier molecular flexibility index (Phi) is 6.14. The maximum Gasteiger partial charge on any atom is 0.129 e. The van der Waals surface area contributed by atoms with E-state index in [0.29, 0.717) is 6.61 Å². The summed E-state index contributed by atoms with van der Waals surface area (Å²) in [6.45, 7) is 5.36. The lowest BCUT2D eigenvalue weighted by Gasteiger charge is -2.00. The predicted octanol–water partition coefficient (Wildman–Crippen LogP) is 3.60. The van der Waals surface area contributed by atoms with Gasteiger partial charge in [-0.1, -0.05) is 13.0 Å². The van der Waals surface area contributed by atoms with E-state index in [1.165, 1.54) is 10.4 Å². The fourth-order valence-corrected chi connectivity index (χ4v) is 2.49. The standard InChI is InChI=1S/C15H21NO2S/c1-2-6-16-10-13-9-14(18-11-13)12-17-7-5-15-4-3-8-19-15/h3-4,8-9,11,16H,2,5-7,10,12H2,1H3. The van der Waals surface area contributed by atoms with Gasteiger partial charge in [-0.15, -0.1) is 11.3 Å². The molecule has 0 unspecified atom stereocenters. The third kappa shape index (κ3) is 5.19. The first-order chi connectivity index (χ1) is 9.38. The molecule has 0 spiro atoms. The lowest BCUT2D eigenvalue weighted by molar-refractivity contribution is 0.109. The van der Waals surface area contributed by atoms with Crippen molar-refractivity contribution in [2.45, 2.75) is 32.9 Å². The Balaban J connectivity index is 1.63. The molecule has 0 aliphatic heterocycles. The molecule has 0 atom stereocenters. The van der Waals surface area contributed by atoms with E-state index in [0.717, 1.165) is 38.3 Å². The Morgan fingerprint density at radius 2 is 2.37 bits per heavy atom. The number of thiophene rings is 1. The zero-order chi connectivity index (χ0) is 13.3. The Hall–Kier alpha value is -1.10. The summed E-state index contributed by atoms with van der Waals surface area (Å²) in [5.41, 5.74) is 1.19. The van der Waals surface area contributed by atoms with Crippen LogP contribution in [0, 0.1) is 0 Å². The quantitative estimate of drug-likeness (QED) is 0.712. The van der Waals surface area contributed by atoms with Crippen LogP contribution in [-0.4, -0.2) is 13.2 Å². The minimum absolute atomic E-state index is 0.555. The summed E-state index contributed by atoms with van der Waals surface area (Å²) < 4.78 is 11.1. The molecule has 0 radical (unpaired) electrons. The molecule has 2 aromatic rings. The molecule has 19 heavy (non-hydrogen) atoms. The average molecular weight is 279 g/mol. The lowest BCUT2D eigenvalue weighted by Crippen LogP contribution is -2.13. The van der Waals surface area contributed by atoms with Gasteiger partial charge in [0.15, 0.2) is 0 Å².